The van der Waals surface area contributed by atoms with Crippen molar-refractivity contribution in [1.82, 2.24) is 0 Å². The summed E-state index contributed by atoms with van der Waals surface area (Å²) in [6.45, 7) is 4.60. The number of rotatable bonds is 2. The zero-order valence-corrected chi connectivity index (χ0v) is 13.4. The summed E-state index contributed by atoms with van der Waals surface area (Å²) in [5.41, 5.74) is 0.0363. The third kappa shape index (κ3) is 2.40. The molecule has 1 heteroatoms. The third-order valence-electron chi connectivity index (χ3n) is 7.31. The fourth-order valence-electron chi connectivity index (χ4n) is 5.89. The molecular formula is C19H31N. The van der Waals surface area contributed by atoms with E-state index in [2.05, 4.69) is 19.9 Å². The summed E-state index contributed by atoms with van der Waals surface area (Å²) in [5, 5.41) is 9.58. The monoisotopic (exact) mass is 273 g/mol. The molecule has 0 aromatic heterocycles. The standard InChI is InChI=1S/C19H31N/c1-3-14-5-8-17-15(11-14)6-7-16-12-19(4-2,13-20)10-9-18(16)17/h14-18H,3-12H2,1-2H3. The first-order chi connectivity index (χ1) is 9.71. The zero-order valence-electron chi connectivity index (χ0n) is 13.4. The summed E-state index contributed by atoms with van der Waals surface area (Å²) in [5.74, 6) is 4.92. The van der Waals surface area contributed by atoms with Gasteiger partial charge >= 0.3 is 0 Å². The first-order valence-electron chi connectivity index (χ1n) is 9.12. The molecule has 0 bridgehead atoms. The second-order valence-electron chi connectivity index (χ2n) is 8.00. The van der Waals surface area contributed by atoms with Gasteiger partial charge < -0.3 is 0 Å². The van der Waals surface area contributed by atoms with Crippen LogP contribution in [0, 0.1) is 46.3 Å². The molecule has 0 aromatic carbocycles. The van der Waals surface area contributed by atoms with E-state index in [1.165, 1.54) is 57.8 Å². The number of nitriles is 1. The van der Waals surface area contributed by atoms with Crippen molar-refractivity contribution in [3.63, 3.8) is 0 Å². The lowest BCUT2D eigenvalue weighted by molar-refractivity contribution is -0.0160. The van der Waals surface area contributed by atoms with E-state index in [0.29, 0.717) is 0 Å². The van der Waals surface area contributed by atoms with E-state index in [1.54, 1.807) is 0 Å². The zero-order chi connectivity index (χ0) is 14.2. The molecule has 0 spiro atoms. The topological polar surface area (TPSA) is 23.8 Å². The molecule has 1 nitrogen and oxygen atoms in total. The highest BCUT2D eigenvalue weighted by Crippen LogP contribution is 2.56. The summed E-state index contributed by atoms with van der Waals surface area (Å²) in [4.78, 5) is 0. The maximum absolute atomic E-state index is 9.58. The van der Waals surface area contributed by atoms with E-state index in [-0.39, 0.29) is 5.41 Å². The van der Waals surface area contributed by atoms with Crippen molar-refractivity contribution in [3.8, 4) is 6.07 Å². The molecule has 3 aliphatic carbocycles. The van der Waals surface area contributed by atoms with E-state index in [4.69, 9.17) is 0 Å². The fraction of sp³-hybridized carbons (Fsp3) is 0.947. The Morgan fingerprint density at radius 2 is 1.75 bits per heavy atom. The molecular weight excluding hydrogens is 242 g/mol. The molecule has 3 aliphatic rings. The van der Waals surface area contributed by atoms with Crippen LogP contribution in [0.4, 0.5) is 0 Å². The van der Waals surface area contributed by atoms with Crippen molar-refractivity contribution in [3.05, 3.63) is 0 Å². The van der Waals surface area contributed by atoms with Crippen molar-refractivity contribution in [2.24, 2.45) is 35.0 Å². The molecule has 3 saturated carbocycles. The lowest BCUT2D eigenvalue weighted by Crippen LogP contribution is -2.43. The van der Waals surface area contributed by atoms with E-state index in [9.17, 15) is 5.26 Å². The van der Waals surface area contributed by atoms with Crippen LogP contribution in [-0.2, 0) is 0 Å². The van der Waals surface area contributed by atoms with Gasteiger partial charge in [0, 0.05) is 0 Å². The van der Waals surface area contributed by atoms with Gasteiger partial charge in [-0.15, -0.1) is 0 Å². The van der Waals surface area contributed by atoms with Crippen molar-refractivity contribution in [1.29, 1.82) is 5.26 Å². The van der Waals surface area contributed by atoms with Crippen molar-refractivity contribution >= 4 is 0 Å². The maximum atomic E-state index is 9.58. The van der Waals surface area contributed by atoms with Gasteiger partial charge in [-0.05, 0) is 81.0 Å². The molecule has 3 fully saturated rings. The normalized spacial score (nSPS) is 48.0. The van der Waals surface area contributed by atoms with Crippen molar-refractivity contribution < 1.29 is 0 Å². The molecule has 112 valence electrons. The Morgan fingerprint density at radius 3 is 2.45 bits per heavy atom. The van der Waals surface area contributed by atoms with Gasteiger partial charge in [-0.25, -0.2) is 0 Å². The quantitative estimate of drug-likeness (QED) is 0.646. The fourth-order valence-corrected chi connectivity index (χ4v) is 5.89. The maximum Gasteiger partial charge on any atom is 0.0689 e. The lowest BCUT2D eigenvalue weighted by atomic mass is 9.52. The summed E-state index contributed by atoms with van der Waals surface area (Å²) in [6.07, 6.45) is 13.6. The predicted molar refractivity (Wildman–Crippen MR) is 83.0 cm³/mol. The van der Waals surface area contributed by atoms with Crippen LogP contribution in [0.1, 0.15) is 78.1 Å². The summed E-state index contributed by atoms with van der Waals surface area (Å²) in [7, 11) is 0. The molecule has 20 heavy (non-hydrogen) atoms. The van der Waals surface area contributed by atoms with Crippen molar-refractivity contribution in [2.45, 2.75) is 78.1 Å². The Balaban J connectivity index is 1.69. The van der Waals surface area contributed by atoms with Crippen LogP contribution in [0.25, 0.3) is 0 Å². The van der Waals surface area contributed by atoms with Crippen LogP contribution >= 0.6 is 0 Å². The highest BCUT2D eigenvalue weighted by atomic mass is 14.5. The molecule has 0 saturated heterocycles. The van der Waals surface area contributed by atoms with Gasteiger partial charge in [-0.1, -0.05) is 26.7 Å². The van der Waals surface area contributed by atoms with Gasteiger partial charge in [0.05, 0.1) is 11.5 Å². The Morgan fingerprint density at radius 1 is 1.00 bits per heavy atom. The molecule has 0 radical (unpaired) electrons. The van der Waals surface area contributed by atoms with E-state index >= 15 is 0 Å². The van der Waals surface area contributed by atoms with Gasteiger partial charge in [0.2, 0.25) is 0 Å². The number of nitrogens with zero attached hydrogens (tertiary/aromatic N) is 1. The molecule has 0 N–H and O–H groups in total. The van der Waals surface area contributed by atoms with Gasteiger partial charge in [-0.2, -0.15) is 5.26 Å². The molecule has 6 atom stereocenters. The van der Waals surface area contributed by atoms with Crippen LogP contribution in [0.15, 0.2) is 0 Å². The summed E-state index contributed by atoms with van der Waals surface area (Å²) in [6, 6.07) is 2.69. The summed E-state index contributed by atoms with van der Waals surface area (Å²) >= 11 is 0. The summed E-state index contributed by atoms with van der Waals surface area (Å²) < 4.78 is 0. The van der Waals surface area contributed by atoms with Gasteiger partial charge in [0.15, 0.2) is 0 Å². The molecule has 3 rings (SSSR count). The lowest BCUT2D eigenvalue weighted by Gasteiger charge is -2.52. The smallest absolute Gasteiger partial charge is 0.0689 e. The SMILES string of the molecule is CCC1CCC2C(CCC3CC(C#N)(CC)CCC32)C1. The van der Waals surface area contributed by atoms with Crippen LogP contribution < -0.4 is 0 Å². The van der Waals surface area contributed by atoms with Crippen molar-refractivity contribution in [2.75, 3.05) is 0 Å². The Hall–Kier alpha value is -0.510. The van der Waals surface area contributed by atoms with Crippen LogP contribution in [-0.4, -0.2) is 0 Å². The Kier molecular flexibility index (Phi) is 4.11. The molecule has 6 unspecified atom stereocenters. The average molecular weight is 273 g/mol. The van der Waals surface area contributed by atoms with E-state index in [1.807, 2.05) is 0 Å². The van der Waals surface area contributed by atoms with Gasteiger partial charge in [0.1, 0.15) is 0 Å². The first kappa shape index (κ1) is 14.4. The molecule has 0 aliphatic heterocycles. The largest absolute Gasteiger partial charge is 0.198 e. The van der Waals surface area contributed by atoms with Crippen LogP contribution in [0.2, 0.25) is 0 Å². The minimum atomic E-state index is 0.0363. The third-order valence-corrected chi connectivity index (χ3v) is 7.31. The first-order valence-corrected chi connectivity index (χ1v) is 9.12. The number of hydrogen-bond acceptors (Lipinski definition) is 1. The Bertz CT molecular complexity index is 382. The predicted octanol–water partition coefficient (Wildman–Crippen LogP) is 5.56. The highest BCUT2D eigenvalue weighted by Gasteiger charge is 2.47. The average Bonchev–Trinajstić information content (AvgIpc) is 2.53. The number of hydrogen-bond donors (Lipinski definition) is 0. The second-order valence-corrected chi connectivity index (χ2v) is 8.00. The molecule has 0 heterocycles. The van der Waals surface area contributed by atoms with Gasteiger partial charge in [0.25, 0.3) is 0 Å². The van der Waals surface area contributed by atoms with Gasteiger partial charge in [-0.3, -0.25) is 0 Å². The minimum absolute atomic E-state index is 0.0363. The van der Waals surface area contributed by atoms with Crippen LogP contribution in [0.5, 0.6) is 0 Å². The molecule has 0 aromatic rings. The second kappa shape index (κ2) is 5.70. The van der Waals surface area contributed by atoms with E-state index < -0.39 is 0 Å². The molecule has 0 amide bonds. The number of fused-ring (bicyclic) bond motifs is 3. The van der Waals surface area contributed by atoms with Crippen LogP contribution in [0.3, 0.4) is 0 Å². The van der Waals surface area contributed by atoms with E-state index in [0.717, 1.165) is 36.0 Å². The minimum Gasteiger partial charge on any atom is -0.198 e. The Labute approximate surface area is 125 Å². The highest BCUT2D eigenvalue weighted by molar-refractivity contribution is 5.05.